The van der Waals surface area contributed by atoms with E-state index >= 15 is 0 Å². The van der Waals surface area contributed by atoms with Crippen molar-refractivity contribution in [2.45, 2.75) is 31.0 Å². The Balaban J connectivity index is 1.70. The molecule has 5 heteroatoms. The summed E-state index contributed by atoms with van der Waals surface area (Å²) >= 11 is 5.49. The van der Waals surface area contributed by atoms with Crippen LogP contribution in [0.15, 0.2) is 27.7 Å². The largest absolute Gasteiger partial charge is 0.465 e. The molecule has 0 aromatic heterocycles. The SMILES string of the molecule is Brc1ccc2c(c1)C1CC(C3CC3)(N=C3SCCN31)O2. The predicted molar refractivity (Wildman–Crippen MR) is 84.2 cm³/mol. The third kappa shape index (κ3) is 1.56. The Bertz CT molecular complexity index is 630. The summed E-state index contributed by atoms with van der Waals surface area (Å²) in [5.41, 5.74) is 1.06. The van der Waals surface area contributed by atoms with Gasteiger partial charge in [-0.3, -0.25) is 0 Å². The standard InChI is InChI=1S/C15H15BrN2OS/c16-10-3-4-13-11(7-10)12-8-15(19-13,9-1-2-9)17-14-18(12)5-6-20-14/h3-4,7,9,12H,1-2,5-6,8H2. The van der Waals surface area contributed by atoms with E-state index in [9.17, 15) is 0 Å². The molecular weight excluding hydrogens is 336 g/mol. The summed E-state index contributed by atoms with van der Waals surface area (Å²) in [6.45, 7) is 1.11. The molecule has 0 spiro atoms. The highest BCUT2D eigenvalue weighted by atomic mass is 79.9. The minimum absolute atomic E-state index is 0.269. The lowest BCUT2D eigenvalue weighted by Gasteiger charge is -2.47. The molecule has 1 aromatic rings. The lowest BCUT2D eigenvalue weighted by molar-refractivity contribution is -0.00731. The number of benzene rings is 1. The van der Waals surface area contributed by atoms with Crippen molar-refractivity contribution in [1.29, 1.82) is 0 Å². The molecule has 2 bridgehead atoms. The molecule has 3 heterocycles. The maximum atomic E-state index is 6.43. The Morgan fingerprint density at radius 2 is 2.30 bits per heavy atom. The van der Waals surface area contributed by atoms with E-state index < -0.39 is 0 Å². The van der Waals surface area contributed by atoms with Crippen molar-refractivity contribution < 1.29 is 4.74 Å². The molecule has 2 unspecified atom stereocenters. The molecule has 4 aliphatic rings. The van der Waals surface area contributed by atoms with Gasteiger partial charge in [-0.25, -0.2) is 4.99 Å². The first-order valence-corrected chi connectivity index (χ1v) is 9.01. The average Bonchev–Trinajstić information content (AvgIpc) is 3.20. The first-order valence-electron chi connectivity index (χ1n) is 7.23. The molecule has 0 N–H and O–H groups in total. The number of nitrogens with zero attached hydrogens (tertiary/aromatic N) is 2. The zero-order chi connectivity index (χ0) is 13.3. The van der Waals surface area contributed by atoms with E-state index in [4.69, 9.17) is 9.73 Å². The average molecular weight is 351 g/mol. The molecule has 5 rings (SSSR count). The van der Waals surface area contributed by atoms with Crippen molar-refractivity contribution >= 4 is 32.9 Å². The highest BCUT2D eigenvalue weighted by Crippen LogP contribution is 2.56. The van der Waals surface area contributed by atoms with Crippen LogP contribution in [-0.4, -0.2) is 28.1 Å². The Morgan fingerprint density at radius 3 is 3.15 bits per heavy atom. The van der Waals surface area contributed by atoms with E-state index in [1.54, 1.807) is 0 Å². The van der Waals surface area contributed by atoms with Gasteiger partial charge >= 0.3 is 0 Å². The maximum absolute atomic E-state index is 6.43. The van der Waals surface area contributed by atoms with Crippen LogP contribution in [0.3, 0.4) is 0 Å². The minimum Gasteiger partial charge on any atom is -0.465 e. The minimum atomic E-state index is -0.269. The van der Waals surface area contributed by atoms with Gasteiger partial charge in [0.1, 0.15) is 5.75 Å². The first kappa shape index (κ1) is 11.9. The summed E-state index contributed by atoms with van der Waals surface area (Å²) in [6.07, 6.45) is 3.55. The molecule has 0 amide bonds. The number of rotatable bonds is 1. The van der Waals surface area contributed by atoms with Gasteiger partial charge in [-0.15, -0.1) is 0 Å². The van der Waals surface area contributed by atoms with E-state index in [0.717, 1.165) is 28.9 Å². The molecule has 3 aliphatic heterocycles. The summed E-state index contributed by atoms with van der Waals surface area (Å²) < 4.78 is 7.56. The van der Waals surface area contributed by atoms with E-state index in [1.165, 1.54) is 23.6 Å². The molecular formula is C15H15BrN2OS. The van der Waals surface area contributed by atoms with Crippen molar-refractivity contribution in [3.05, 3.63) is 28.2 Å². The second-order valence-corrected chi connectivity index (χ2v) is 8.04. The smallest absolute Gasteiger partial charge is 0.207 e. The number of hydrogen-bond acceptors (Lipinski definition) is 4. The van der Waals surface area contributed by atoms with Crippen LogP contribution < -0.4 is 4.74 Å². The van der Waals surface area contributed by atoms with Crippen LogP contribution in [0.2, 0.25) is 0 Å². The fraction of sp³-hybridized carbons (Fsp3) is 0.533. The number of ether oxygens (including phenoxy) is 1. The van der Waals surface area contributed by atoms with Crippen molar-refractivity contribution in [3.63, 3.8) is 0 Å². The van der Waals surface area contributed by atoms with Crippen molar-refractivity contribution in [3.8, 4) is 5.75 Å². The molecule has 1 saturated carbocycles. The third-order valence-electron chi connectivity index (χ3n) is 4.79. The van der Waals surface area contributed by atoms with Crippen LogP contribution in [0.5, 0.6) is 5.75 Å². The van der Waals surface area contributed by atoms with Crippen LogP contribution in [0.25, 0.3) is 0 Å². The Kier molecular flexibility index (Phi) is 2.35. The quantitative estimate of drug-likeness (QED) is 0.770. The first-order chi connectivity index (χ1) is 9.75. The van der Waals surface area contributed by atoms with Crippen LogP contribution >= 0.6 is 27.7 Å². The molecule has 20 heavy (non-hydrogen) atoms. The predicted octanol–water partition coefficient (Wildman–Crippen LogP) is 3.80. The summed E-state index contributed by atoms with van der Waals surface area (Å²) in [5.74, 6) is 2.81. The summed E-state index contributed by atoms with van der Waals surface area (Å²) in [7, 11) is 0. The maximum Gasteiger partial charge on any atom is 0.207 e. The molecule has 1 aliphatic carbocycles. The van der Waals surface area contributed by atoms with Crippen LogP contribution in [0, 0.1) is 5.92 Å². The van der Waals surface area contributed by atoms with Crippen LogP contribution in [0.4, 0.5) is 0 Å². The monoisotopic (exact) mass is 350 g/mol. The van der Waals surface area contributed by atoms with Gasteiger partial charge in [0.2, 0.25) is 5.72 Å². The second kappa shape index (κ2) is 3.95. The molecule has 1 aromatic carbocycles. The number of hydrogen-bond donors (Lipinski definition) is 0. The van der Waals surface area contributed by atoms with E-state index in [-0.39, 0.29) is 5.72 Å². The molecule has 1 saturated heterocycles. The van der Waals surface area contributed by atoms with Crippen LogP contribution in [0.1, 0.15) is 30.9 Å². The molecule has 2 fully saturated rings. The number of amidine groups is 1. The van der Waals surface area contributed by atoms with E-state index in [1.807, 2.05) is 11.8 Å². The van der Waals surface area contributed by atoms with Crippen molar-refractivity contribution in [2.75, 3.05) is 12.3 Å². The topological polar surface area (TPSA) is 24.8 Å². The molecule has 0 radical (unpaired) electrons. The highest BCUT2D eigenvalue weighted by molar-refractivity contribution is 9.10. The lowest BCUT2D eigenvalue weighted by Crippen LogP contribution is -2.51. The van der Waals surface area contributed by atoms with Gasteiger partial charge in [-0.1, -0.05) is 27.7 Å². The molecule has 2 atom stereocenters. The fourth-order valence-corrected chi connectivity index (χ4v) is 5.13. The van der Waals surface area contributed by atoms with E-state index in [0.29, 0.717) is 12.0 Å². The number of halogens is 1. The van der Waals surface area contributed by atoms with Gasteiger partial charge in [-0.05, 0) is 31.0 Å². The summed E-state index contributed by atoms with van der Waals surface area (Å²) in [6, 6.07) is 6.85. The number of thioether (sulfide) groups is 1. The zero-order valence-electron chi connectivity index (χ0n) is 11.0. The normalized spacial score (nSPS) is 34.1. The van der Waals surface area contributed by atoms with Crippen LogP contribution in [-0.2, 0) is 0 Å². The number of aliphatic imine (C=N–C) groups is 1. The number of fused-ring (bicyclic) bond motifs is 6. The zero-order valence-corrected chi connectivity index (χ0v) is 13.4. The molecule has 3 nitrogen and oxygen atoms in total. The summed E-state index contributed by atoms with van der Waals surface area (Å²) in [5, 5.41) is 1.21. The van der Waals surface area contributed by atoms with Gasteiger partial charge in [0.15, 0.2) is 5.17 Å². The van der Waals surface area contributed by atoms with Gasteiger partial charge in [-0.2, -0.15) is 0 Å². The van der Waals surface area contributed by atoms with Gasteiger partial charge < -0.3 is 9.64 Å². The Labute approximate surface area is 130 Å². The lowest BCUT2D eigenvalue weighted by atomic mass is 9.88. The van der Waals surface area contributed by atoms with E-state index in [2.05, 4.69) is 39.0 Å². The summed E-state index contributed by atoms with van der Waals surface area (Å²) in [4.78, 5) is 7.54. The van der Waals surface area contributed by atoms with Crippen molar-refractivity contribution in [2.24, 2.45) is 10.9 Å². The van der Waals surface area contributed by atoms with Gasteiger partial charge in [0, 0.05) is 34.7 Å². The molecule has 104 valence electrons. The van der Waals surface area contributed by atoms with Crippen molar-refractivity contribution in [1.82, 2.24) is 4.90 Å². The Morgan fingerprint density at radius 1 is 1.40 bits per heavy atom. The fourth-order valence-electron chi connectivity index (χ4n) is 3.68. The van der Waals surface area contributed by atoms with Gasteiger partial charge in [0.25, 0.3) is 0 Å². The second-order valence-electron chi connectivity index (χ2n) is 6.06. The van der Waals surface area contributed by atoms with Gasteiger partial charge in [0.05, 0.1) is 6.04 Å². The third-order valence-corrected chi connectivity index (χ3v) is 6.25. The highest BCUT2D eigenvalue weighted by Gasteiger charge is 2.56. The Hall–Kier alpha value is -0.680.